The first kappa shape index (κ1) is 22.1. The summed E-state index contributed by atoms with van der Waals surface area (Å²) < 4.78 is 0. The lowest BCUT2D eigenvalue weighted by Crippen LogP contribution is -2.47. The maximum absolute atomic E-state index is 12.3. The number of carboxylic acid groups (broad SMARTS) is 1. The van der Waals surface area contributed by atoms with Crippen molar-refractivity contribution in [2.24, 2.45) is 0 Å². The fourth-order valence-electron chi connectivity index (χ4n) is 3.58. The molecule has 30 heavy (non-hydrogen) atoms. The second kappa shape index (κ2) is 11.0. The van der Waals surface area contributed by atoms with Gasteiger partial charge in [0.25, 0.3) is 0 Å². The van der Waals surface area contributed by atoms with E-state index in [1.165, 1.54) is 0 Å². The molecule has 0 radical (unpaired) electrons. The molecule has 1 amide bonds. The summed E-state index contributed by atoms with van der Waals surface area (Å²) in [5.41, 5.74) is 2.99. The van der Waals surface area contributed by atoms with Gasteiger partial charge in [-0.2, -0.15) is 0 Å². The van der Waals surface area contributed by atoms with Crippen molar-refractivity contribution in [3.05, 3.63) is 59.1 Å². The third-order valence-electron chi connectivity index (χ3n) is 5.29. The molecule has 0 bridgehead atoms. The summed E-state index contributed by atoms with van der Waals surface area (Å²) in [4.78, 5) is 27.5. The van der Waals surface area contributed by atoms with E-state index in [0.29, 0.717) is 12.8 Å². The van der Waals surface area contributed by atoms with Crippen LogP contribution in [-0.2, 0) is 16.0 Å². The van der Waals surface area contributed by atoms with Gasteiger partial charge in [-0.05, 0) is 48.7 Å². The first-order valence-electron chi connectivity index (χ1n) is 10.3. The molecule has 0 spiro atoms. The minimum Gasteiger partial charge on any atom is -0.481 e. The van der Waals surface area contributed by atoms with E-state index in [-0.39, 0.29) is 12.3 Å². The van der Waals surface area contributed by atoms with Gasteiger partial charge in [0, 0.05) is 62.0 Å². The molecule has 1 saturated heterocycles. The number of benzene rings is 2. The summed E-state index contributed by atoms with van der Waals surface area (Å²) >= 11 is 6.08. The van der Waals surface area contributed by atoms with Crippen molar-refractivity contribution in [3.63, 3.8) is 0 Å². The van der Waals surface area contributed by atoms with Crippen LogP contribution in [0, 0.1) is 0 Å². The summed E-state index contributed by atoms with van der Waals surface area (Å²) in [6, 6.07) is 15.5. The number of amides is 1. The van der Waals surface area contributed by atoms with E-state index in [2.05, 4.69) is 21.2 Å². The quantitative estimate of drug-likeness (QED) is 0.632. The van der Waals surface area contributed by atoms with Crippen LogP contribution in [0.3, 0.4) is 0 Å². The first-order chi connectivity index (χ1) is 14.5. The molecule has 1 fully saturated rings. The Morgan fingerprint density at radius 1 is 1.00 bits per heavy atom. The Labute approximate surface area is 182 Å². The van der Waals surface area contributed by atoms with Gasteiger partial charge in [0.15, 0.2) is 0 Å². The Morgan fingerprint density at radius 3 is 2.40 bits per heavy atom. The van der Waals surface area contributed by atoms with Crippen LogP contribution in [0.4, 0.5) is 11.4 Å². The van der Waals surface area contributed by atoms with Crippen LogP contribution < -0.4 is 10.2 Å². The van der Waals surface area contributed by atoms with E-state index in [1.807, 2.05) is 42.5 Å². The molecule has 160 valence electrons. The molecule has 0 atom stereocenters. The molecule has 0 unspecified atom stereocenters. The van der Waals surface area contributed by atoms with Crippen LogP contribution >= 0.6 is 11.6 Å². The van der Waals surface area contributed by atoms with Crippen molar-refractivity contribution in [2.75, 3.05) is 42.9 Å². The van der Waals surface area contributed by atoms with Crippen LogP contribution in [-0.4, -0.2) is 54.6 Å². The minimum atomic E-state index is -0.773. The highest BCUT2D eigenvalue weighted by Crippen LogP contribution is 2.21. The van der Waals surface area contributed by atoms with Gasteiger partial charge >= 0.3 is 5.97 Å². The molecule has 7 heteroatoms. The number of aliphatic carboxylic acids is 1. The third-order valence-corrected chi connectivity index (χ3v) is 5.53. The molecule has 1 aliphatic rings. The topological polar surface area (TPSA) is 72.9 Å². The number of hydrogen-bond donors (Lipinski definition) is 2. The Morgan fingerprint density at radius 2 is 1.73 bits per heavy atom. The van der Waals surface area contributed by atoms with Gasteiger partial charge in [-0.1, -0.05) is 29.8 Å². The average Bonchev–Trinajstić information content (AvgIpc) is 2.74. The van der Waals surface area contributed by atoms with Crippen LogP contribution in [0.1, 0.15) is 24.8 Å². The number of carbonyl (C=O) groups is 2. The number of aryl methyl sites for hydroxylation is 1. The number of rotatable bonds is 9. The zero-order valence-electron chi connectivity index (χ0n) is 17.0. The van der Waals surface area contributed by atoms with Gasteiger partial charge in [-0.15, -0.1) is 0 Å². The van der Waals surface area contributed by atoms with Gasteiger partial charge in [0.2, 0.25) is 5.91 Å². The van der Waals surface area contributed by atoms with E-state index in [4.69, 9.17) is 16.7 Å². The highest BCUT2D eigenvalue weighted by molar-refractivity contribution is 6.30. The number of nitrogens with one attached hydrogen (secondary N) is 1. The molecule has 1 aliphatic heterocycles. The zero-order chi connectivity index (χ0) is 21.3. The van der Waals surface area contributed by atoms with E-state index in [9.17, 15) is 9.59 Å². The maximum atomic E-state index is 12.3. The van der Waals surface area contributed by atoms with Crippen LogP contribution in [0.15, 0.2) is 48.5 Å². The lowest BCUT2D eigenvalue weighted by atomic mass is 10.1. The number of nitrogens with zero attached hydrogens (tertiary/aromatic N) is 2. The summed E-state index contributed by atoms with van der Waals surface area (Å²) in [5.74, 6) is -0.768. The molecule has 2 aromatic carbocycles. The Hall–Kier alpha value is -2.57. The number of carbonyl (C=O) groups excluding carboxylic acids is 1. The highest BCUT2D eigenvalue weighted by Gasteiger charge is 2.18. The summed E-state index contributed by atoms with van der Waals surface area (Å²) in [6.07, 6.45) is 1.97. The summed E-state index contributed by atoms with van der Waals surface area (Å²) in [7, 11) is 0. The van der Waals surface area contributed by atoms with Gasteiger partial charge in [0.05, 0.1) is 0 Å². The molecular formula is C23H28ClN3O3. The molecule has 6 nitrogen and oxygen atoms in total. The first-order valence-corrected chi connectivity index (χ1v) is 10.7. The van der Waals surface area contributed by atoms with Gasteiger partial charge in [-0.3, -0.25) is 14.5 Å². The Balaban J connectivity index is 1.36. The number of halogens is 1. The molecular weight excluding hydrogens is 402 g/mol. The van der Waals surface area contributed by atoms with Crippen molar-refractivity contribution < 1.29 is 14.7 Å². The molecule has 0 saturated carbocycles. The Kier molecular flexibility index (Phi) is 8.11. The lowest BCUT2D eigenvalue weighted by molar-refractivity contribution is -0.137. The average molecular weight is 430 g/mol. The van der Waals surface area contributed by atoms with E-state index >= 15 is 0 Å². The lowest BCUT2D eigenvalue weighted by Gasteiger charge is -2.36. The van der Waals surface area contributed by atoms with E-state index in [1.54, 1.807) is 0 Å². The smallest absolute Gasteiger partial charge is 0.303 e. The number of carboxylic acids is 1. The predicted octanol–water partition coefficient (Wildman–Crippen LogP) is 3.90. The predicted molar refractivity (Wildman–Crippen MR) is 120 cm³/mol. The van der Waals surface area contributed by atoms with Crippen molar-refractivity contribution in [1.29, 1.82) is 0 Å². The van der Waals surface area contributed by atoms with Crippen molar-refractivity contribution in [3.8, 4) is 0 Å². The summed E-state index contributed by atoms with van der Waals surface area (Å²) in [5, 5.41) is 12.4. The SMILES string of the molecule is O=C(O)CCCc1ccc(NC(=O)CCN2CCN(c3cccc(Cl)c3)CC2)cc1. The molecule has 1 heterocycles. The second-order valence-corrected chi connectivity index (χ2v) is 7.99. The molecule has 2 aromatic rings. The molecule has 3 rings (SSSR count). The van der Waals surface area contributed by atoms with Crippen molar-refractivity contribution in [1.82, 2.24) is 4.90 Å². The van der Waals surface area contributed by atoms with Crippen LogP contribution in [0.25, 0.3) is 0 Å². The normalized spacial score (nSPS) is 14.5. The molecule has 2 N–H and O–H groups in total. The Bertz CT molecular complexity index is 849. The zero-order valence-corrected chi connectivity index (χ0v) is 17.8. The van der Waals surface area contributed by atoms with Gasteiger partial charge in [-0.25, -0.2) is 0 Å². The molecule has 0 aliphatic carbocycles. The number of hydrogen-bond acceptors (Lipinski definition) is 4. The fraction of sp³-hybridized carbons (Fsp3) is 0.391. The maximum Gasteiger partial charge on any atom is 0.303 e. The third kappa shape index (κ3) is 7.04. The fourth-order valence-corrected chi connectivity index (χ4v) is 3.77. The second-order valence-electron chi connectivity index (χ2n) is 7.55. The molecule has 0 aromatic heterocycles. The van der Waals surface area contributed by atoms with E-state index < -0.39 is 5.97 Å². The monoisotopic (exact) mass is 429 g/mol. The largest absolute Gasteiger partial charge is 0.481 e. The van der Waals surface area contributed by atoms with Gasteiger partial charge < -0.3 is 15.3 Å². The standard InChI is InChI=1S/C23H28ClN3O3/c24-19-4-2-5-21(17-19)27-15-13-26(14-16-27)12-11-22(28)25-20-9-7-18(8-10-20)3-1-6-23(29)30/h2,4-5,7-10,17H,1,3,6,11-16H2,(H,25,28)(H,29,30). The number of piperazine rings is 1. The van der Waals surface area contributed by atoms with E-state index in [0.717, 1.165) is 61.1 Å². The van der Waals surface area contributed by atoms with Gasteiger partial charge in [0.1, 0.15) is 0 Å². The number of anilines is 2. The van der Waals surface area contributed by atoms with Crippen molar-refractivity contribution >= 4 is 34.9 Å². The van der Waals surface area contributed by atoms with Crippen LogP contribution in [0.5, 0.6) is 0 Å². The van der Waals surface area contributed by atoms with Crippen LogP contribution in [0.2, 0.25) is 5.02 Å². The van der Waals surface area contributed by atoms with Crippen molar-refractivity contribution in [2.45, 2.75) is 25.7 Å². The highest BCUT2D eigenvalue weighted by atomic mass is 35.5. The minimum absolute atomic E-state index is 0.00546. The summed E-state index contributed by atoms with van der Waals surface area (Å²) in [6.45, 7) is 4.43.